The number of aryl methyl sites for hydroxylation is 1. The van der Waals surface area contributed by atoms with Crippen LogP contribution in [0.3, 0.4) is 0 Å². The van der Waals surface area contributed by atoms with E-state index in [0.717, 1.165) is 23.2 Å². The first-order valence-corrected chi connectivity index (χ1v) is 13.8. The zero-order valence-electron chi connectivity index (χ0n) is 19.3. The van der Waals surface area contributed by atoms with Gasteiger partial charge >= 0.3 is 0 Å². The van der Waals surface area contributed by atoms with Crippen LogP contribution in [0, 0.1) is 0 Å². The Morgan fingerprint density at radius 3 is 2.43 bits per heavy atom. The van der Waals surface area contributed by atoms with Crippen LogP contribution in [-0.4, -0.2) is 30.2 Å². The Balaban J connectivity index is 1.26. The average molecular weight is 504 g/mol. The maximum absolute atomic E-state index is 13.2. The molecule has 1 aliphatic rings. The van der Waals surface area contributed by atoms with Gasteiger partial charge in [-0.25, -0.2) is 13.4 Å². The van der Waals surface area contributed by atoms with Crippen molar-refractivity contribution in [3.05, 3.63) is 100 Å². The number of hydrogen-bond donors (Lipinski definition) is 1. The number of anilines is 1. The number of fused-ring (bicyclic) bond motifs is 1. The second-order valence-electron chi connectivity index (χ2n) is 8.42. The van der Waals surface area contributed by atoms with E-state index in [1.807, 2.05) is 41.8 Å². The molecule has 4 aromatic rings. The van der Waals surface area contributed by atoms with Crippen molar-refractivity contribution in [3.63, 3.8) is 0 Å². The van der Waals surface area contributed by atoms with Crippen molar-refractivity contribution in [1.82, 2.24) is 9.29 Å². The molecule has 0 unspecified atom stereocenters. The standard InChI is InChI=1S/C27H25N3O3S2/c1-2-19-7-9-21(10-8-19)25-18-34-27(28-25)29-26(31)22-11-13-24(14-12-22)35(32,33)30-16-15-20-5-3-4-6-23(20)17-30/h3-14,18H,2,15-17H2,1H3,(H,28,29,31). The summed E-state index contributed by atoms with van der Waals surface area (Å²) >= 11 is 1.35. The van der Waals surface area contributed by atoms with E-state index < -0.39 is 10.0 Å². The van der Waals surface area contributed by atoms with Crippen LogP contribution in [0.4, 0.5) is 5.13 Å². The van der Waals surface area contributed by atoms with E-state index in [-0.39, 0.29) is 10.8 Å². The number of rotatable bonds is 6. The molecular formula is C27H25N3O3S2. The van der Waals surface area contributed by atoms with Crippen LogP contribution in [0.5, 0.6) is 0 Å². The van der Waals surface area contributed by atoms with Crippen molar-refractivity contribution in [2.75, 3.05) is 11.9 Å². The van der Waals surface area contributed by atoms with Crippen LogP contribution in [0.15, 0.2) is 83.1 Å². The largest absolute Gasteiger partial charge is 0.298 e. The summed E-state index contributed by atoms with van der Waals surface area (Å²) in [6.45, 7) is 2.91. The third kappa shape index (κ3) is 4.91. The molecule has 1 amide bonds. The van der Waals surface area contributed by atoms with E-state index in [0.29, 0.717) is 30.2 Å². The number of carbonyl (C=O) groups is 1. The molecule has 0 radical (unpaired) electrons. The third-order valence-corrected chi connectivity index (χ3v) is 8.85. The molecule has 6 nitrogen and oxygen atoms in total. The van der Waals surface area contributed by atoms with Crippen LogP contribution < -0.4 is 5.32 Å². The summed E-state index contributed by atoms with van der Waals surface area (Å²) in [5, 5.41) is 5.21. The zero-order chi connectivity index (χ0) is 24.4. The summed E-state index contributed by atoms with van der Waals surface area (Å²) in [7, 11) is -3.65. The minimum atomic E-state index is -3.65. The molecule has 0 fully saturated rings. The van der Waals surface area contributed by atoms with Gasteiger partial charge in [-0.3, -0.25) is 10.1 Å². The van der Waals surface area contributed by atoms with Gasteiger partial charge in [0.2, 0.25) is 10.0 Å². The summed E-state index contributed by atoms with van der Waals surface area (Å²) < 4.78 is 27.8. The van der Waals surface area contributed by atoms with E-state index in [9.17, 15) is 13.2 Å². The summed E-state index contributed by atoms with van der Waals surface area (Å²) in [6, 6.07) is 22.2. The molecule has 0 atom stereocenters. The molecule has 0 bridgehead atoms. The maximum Gasteiger partial charge on any atom is 0.257 e. The molecule has 178 valence electrons. The average Bonchev–Trinajstić information content (AvgIpc) is 3.37. The molecule has 5 rings (SSSR count). The minimum absolute atomic E-state index is 0.181. The third-order valence-electron chi connectivity index (χ3n) is 6.23. The van der Waals surface area contributed by atoms with Gasteiger partial charge in [0.1, 0.15) is 0 Å². The van der Waals surface area contributed by atoms with Crippen molar-refractivity contribution >= 4 is 32.4 Å². The fraction of sp³-hybridized carbons (Fsp3) is 0.185. The molecule has 0 spiro atoms. The lowest BCUT2D eigenvalue weighted by Gasteiger charge is -2.28. The number of carbonyl (C=O) groups excluding carboxylic acids is 1. The molecule has 0 saturated heterocycles. The van der Waals surface area contributed by atoms with E-state index >= 15 is 0 Å². The normalized spacial score (nSPS) is 13.9. The molecule has 0 saturated carbocycles. The van der Waals surface area contributed by atoms with Crippen molar-refractivity contribution in [2.45, 2.75) is 31.2 Å². The van der Waals surface area contributed by atoms with Crippen LogP contribution in [-0.2, 0) is 29.4 Å². The highest BCUT2D eigenvalue weighted by Crippen LogP contribution is 2.27. The fourth-order valence-corrected chi connectivity index (χ4v) is 6.28. The summed E-state index contributed by atoms with van der Waals surface area (Å²) in [4.78, 5) is 17.4. The van der Waals surface area contributed by atoms with Crippen molar-refractivity contribution in [2.24, 2.45) is 0 Å². The van der Waals surface area contributed by atoms with Gasteiger partial charge in [-0.15, -0.1) is 11.3 Å². The highest BCUT2D eigenvalue weighted by atomic mass is 32.2. The Bertz CT molecular complexity index is 1460. The van der Waals surface area contributed by atoms with Gasteiger partial charge in [-0.05, 0) is 53.8 Å². The quantitative estimate of drug-likeness (QED) is 0.384. The van der Waals surface area contributed by atoms with Gasteiger partial charge in [0.25, 0.3) is 5.91 Å². The second kappa shape index (κ2) is 9.73. The molecule has 1 aliphatic heterocycles. The van der Waals surface area contributed by atoms with Gasteiger partial charge < -0.3 is 0 Å². The number of nitrogens with zero attached hydrogens (tertiary/aromatic N) is 2. The van der Waals surface area contributed by atoms with Crippen LogP contribution >= 0.6 is 11.3 Å². The van der Waals surface area contributed by atoms with Crippen molar-refractivity contribution < 1.29 is 13.2 Å². The van der Waals surface area contributed by atoms with Crippen LogP contribution in [0.1, 0.15) is 34.0 Å². The Hall–Kier alpha value is -3.33. The molecule has 35 heavy (non-hydrogen) atoms. The Morgan fingerprint density at radius 2 is 1.71 bits per heavy atom. The summed E-state index contributed by atoms with van der Waals surface area (Å²) in [6.07, 6.45) is 1.67. The first-order chi connectivity index (χ1) is 16.9. The second-order valence-corrected chi connectivity index (χ2v) is 11.2. The number of thiazole rings is 1. The number of amides is 1. The maximum atomic E-state index is 13.2. The zero-order valence-corrected chi connectivity index (χ0v) is 20.9. The fourth-order valence-electron chi connectivity index (χ4n) is 4.15. The number of aromatic nitrogens is 1. The minimum Gasteiger partial charge on any atom is -0.298 e. The molecule has 8 heteroatoms. The van der Waals surface area contributed by atoms with E-state index in [1.54, 1.807) is 0 Å². The molecule has 3 aromatic carbocycles. The van der Waals surface area contributed by atoms with E-state index in [2.05, 4.69) is 29.4 Å². The van der Waals surface area contributed by atoms with E-state index in [1.165, 1.54) is 51.0 Å². The molecule has 1 N–H and O–H groups in total. The highest BCUT2D eigenvalue weighted by molar-refractivity contribution is 7.89. The van der Waals surface area contributed by atoms with Crippen LogP contribution in [0.25, 0.3) is 11.3 Å². The molecule has 1 aromatic heterocycles. The lowest BCUT2D eigenvalue weighted by molar-refractivity contribution is 0.102. The lowest BCUT2D eigenvalue weighted by Crippen LogP contribution is -2.35. The highest BCUT2D eigenvalue weighted by Gasteiger charge is 2.28. The molecule has 0 aliphatic carbocycles. The predicted octanol–water partition coefficient (Wildman–Crippen LogP) is 5.37. The molecular weight excluding hydrogens is 478 g/mol. The van der Waals surface area contributed by atoms with Crippen molar-refractivity contribution in [1.29, 1.82) is 0 Å². The first kappa shape index (κ1) is 23.4. The number of sulfonamides is 1. The monoisotopic (exact) mass is 503 g/mol. The van der Waals surface area contributed by atoms with Gasteiger partial charge in [0.05, 0.1) is 10.6 Å². The summed E-state index contributed by atoms with van der Waals surface area (Å²) in [5.41, 5.74) is 5.65. The summed E-state index contributed by atoms with van der Waals surface area (Å²) in [5.74, 6) is -0.330. The Labute approximate surface area is 209 Å². The SMILES string of the molecule is CCc1ccc(-c2csc(NC(=O)c3ccc(S(=O)(=O)N4CCc5ccccc5C4)cc3)n2)cc1. The number of benzene rings is 3. The van der Waals surface area contributed by atoms with Gasteiger partial charge in [-0.2, -0.15) is 4.31 Å². The van der Waals surface area contributed by atoms with E-state index in [4.69, 9.17) is 0 Å². The van der Waals surface area contributed by atoms with Crippen molar-refractivity contribution in [3.8, 4) is 11.3 Å². The van der Waals surface area contributed by atoms with Gasteiger partial charge in [-0.1, -0.05) is 55.5 Å². The number of nitrogens with one attached hydrogen (secondary N) is 1. The lowest BCUT2D eigenvalue weighted by atomic mass is 10.0. The molecule has 2 heterocycles. The van der Waals surface area contributed by atoms with Gasteiger partial charge in [0.15, 0.2) is 5.13 Å². The topological polar surface area (TPSA) is 79.4 Å². The van der Waals surface area contributed by atoms with Gasteiger partial charge in [0, 0.05) is 29.6 Å². The first-order valence-electron chi connectivity index (χ1n) is 11.5. The predicted molar refractivity (Wildman–Crippen MR) is 139 cm³/mol. The Morgan fingerprint density at radius 1 is 1.00 bits per heavy atom. The Kier molecular flexibility index (Phi) is 6.51. The van der Waals surface area contributed by atoms with Crippen LogP contribution in [0.2, 0.25) is 0 Å². The smallest absolute Gasteiger partial charge is 0.257 e. The number of hydrogen-bond acceptors (Lipinski definition) is 5.